The number of fused-ring (bicyclic) bond motifs is 1. The van der Waals surface area contributed by atoms with Crippen LogP contribution in [0.3, 0.4) is 0 Å². The van der Waals surface area contributed by atoms with Gasteiger partial charge in [0, 0.05) is 11.8 Å². The fourth-order valence-electron chi connectivity index (χ4n) is 1.86. The predicted octanol–water partition coefficient (Wildman–Crippen LogP) is 0.509. The van der Waals surface area contributed by atoms with Crippen LogP contribution in [-0.4, -0.2) is 37.7 Å². The molecular formula is C11H10N4O4S3. The van der Waals surface area contributed by atoms with Crippen molar-refractivity contribution in [3.8, 4) is 11.3 Å². The summed E-state index contributed by atoms with van der Waals surface area (Å²) in [5.74, 6) is 0. The molecule has 8 nitrogen and oxygen atoms in total. The van der Waals surface area contributed by atoms with E-state index in [0.717, 1.165) is 17.6 Å². The van der Waals surface area contributed by atoms with Crippen molar-refractivity contribution < 1.29 is 16.8 Å². The molecule has 0 radical (unpaired) electrons. The molecule has 2 heterocycles. The summed E-state index contributed by atoms with van der Waals surface area (Å²) >= 11 is 0.859. The van der Waals surface area contributed by atoms with Crippen LogP contribution >= 0.6 is 11.3 Å². The smallest absolute Gasteiger partial charge is 0.225 e. The molecule has 0 spiro atoms. The Bertz CT molecular complexity index is 1060. The fraction of sp³-hybridized carbons (Fsp3) is 0.0909. The molecule has 0 fully saturated rings. The van der Waals surface area contributed by atoms with Gasteiger partial charge in [-0.3, -0.25) is 0 Å². The highest BCUT2D eigenvalue weighted by atomic mass is 32.2. The summed E-state index contributed by atoms with van der Waals surface area (Å²) in [7, 11) is -7.17. The zero-order valence-electron chi connectivity index (χ0n) is 11.2. The number of benzene rings is 1. The third-order valence-corrected chi connectivity index (χ3v) is 6.25. The third-order valence-electron chi connectivity index (χ3n) is 2.89. The molecule has 0 bridgehead atoms. The van der Waals surface area contributed by atoms with Crippen molar-refractivity contribution >= 4 is 36.2 Å². The molecule has 11 heteroatoms. The number of nitrogens with two attached hydrogens (primary N) is 1. The molecule has 2 aromatic heterocycles. The molecule has 0 unspecified atom stereocenters. The Kier molecular flexibility index (Phi) is 3.32. The number of sulfonamides is 1. The Morgan fingerprint density at radius 2 is 1.77 bits per heavy atom. The molecule has 2 N–H and O–H groups in total. The molecule has 0 saturated carbocycles. The molecular weight excluding hydrogens is 348 g/mol. The molecule has 0 aliphatic carbocycles. The van der Waals surface area contributed by atoms with E-state index in [1.54, 1.807) is 12.1 Å². The van der Waals surface area contributed by atoms with Crippen molar-refractivity contribution in [1.29, 1.82) is 0 Å². The van der Waals surface area contributed by atoms with Crippen LogP contribution in [0, 0.1) is 0 Å². The van der Waals surface area contributed by atoms with Crippen LogP contribution in [0.2, 0.25) is 0 Å². The first-order valence-corrected chi connectivity index (χ1v) is 10.1. The van der Waals surface area contributed by atoms with E-state index in [9.17, 15) is 16.8 Å². The minimum atomic E-state index is -3.89. The molecule has 22 heavy (non-hydrogen) atoms. The topological polar surface area (TPSA) is 124 Å². The van der Waals surface area contributed by atoms with Gasteiger partial charge in [-0.05, 0) is 12.1 Å². The van der Waals surface area contributed by atoms with Crippen molar-refractivity contribution in [3.05, 3.63) is 30.5 Å². The summed E-state index contributed by atoms with van der Waals surface area (Å²) in [6.45, 7) is 0. The van der Waals surface area contributed by atoms with Crippen LogP contribution in [0.5, 0.6) is 0 Å². The minimum Gasteiger partial charge on any atom is -0.225 e. The Labute approximate surface area is 130 Å². The molecule has 1 aromatic carbocycles. The molecule has 116 valence electrons. The van der Waals surface area contributed by atoms with Gasteiger partial charge < -0.3 is 0 Å². The lowest BCUT2D eigenvalue weighted by Gasteiger charge is -2.01. The van der Waals surface area contributed by atoms with E-state index in [1.165, 1.54) is 22.8 Å². The van der Waals surface area contributed by atoms with Crippen LogP contribution in [0.15, 0.2) is 39.7 Å². The normalized spacial score (nSPS) is 12.8. The van der Waals surface area contributed by atoms with Crippen molar-refractivity contribution in [3.63, 3.8) is 0 Å². The summed E-state index contributed by atoms with van der Waals surface area (Å²) in [6, 6.07) is 6.15. The zero-order chi connectivity index (χ0) is 16.1. The molecule has 0 saturated heterocycles. The van der Waals surface area contributed by atoms with Crippen molar-refractivity contribution in [2.24, 2.45) is 5.14 Å². The molecule has 3 aromatic rings. The van der Waals surface area contributed by atoms with Crippen LogP contribution in [0.4, 0.5) is 0 Å². The maximum Gasteiger partial charge on any atom is 0.267 e. The highest BCUT2D eigenvalue weighted by molar-refractivity contribution is 7.91. The van der Waals surface area contributed by atoms with Gasteiger partial charge in [0.05, 0.1) is 16.8 Å². The van der Waals surface area contributed by atoms with Crippen LogP contribution in [0.1, 0.15) is 0 Å². The maximum atomic E-state index is 11.4. The lowest BCUT2D eigenvalue weighted by atomic mass is 10.2. The average molecular weight is 358 g/mol. The average Bonchev–Trinajstić information content (AvgIpc) is 2.96. The quantitative estimate of drug-likeness (QED) is 0.727. The predicted molar refractivity (Wildman–Crippen MR) is 80.8 cm³/mol. The summed E-state index contributed by atoms with van der Waals surface area (Å²) in [6.07, 6.45) is 2.65. The van der Waals surface area contributed by atoms with Crippen LogP contribution in [-0.2, 0) is 19.9 Å². The lowest BCUT2D eigenvalue weighted by Crippen LogP contribution is -2.12. The van der Waals surface area contributed by atoms with E-state index < -0.39 is 19.9 Å². The number of aromatic nitrogens is 3. The van der Waals surface area contributed by atoms with Gasteiger partial charge in [-0.25, -0.2) is 31.5 Å². The number of primary sulfonamides is 1. The van der Waals surface area contributed by atoms with Gasteiger partial charge in [0.1, 0.15) is 0 Å². The van der Waals surface area contributed by atoms with Gasteiger partial charge in [0.2, 0.25) is 9.30 Å². The van der Waals surface area contributed by atoms with E-state index in [4.69, 9.17) is 5.14 Å². The second kappa shape index (κ2) is 4.84. The molecule has 0 aliphatic rings. The molecule has 0 atom stereocenters. The summed E-state index contributed by atoms with van der Waals surface area (Å²) in [5.41, 5.74) is 1.20. The van der Waals surface area contributed by atoms with E-state index in [-0.39, 0.29) is 9.24 Å². The maximum absolute atomic E-state index is 11.4. The standard InChI is InChI=1S/C11H10N4O4S3/c1-21(16,17)8-4-2-7(3-5-8)9-6-13-10-15(9)14-11(20-10)22(12,18)19/h2-6H,1H3,(H2,12,18,19). The largest absolute Gasteiger partial charge is 0.267 e. The highest BCUT2D eigenvalue weighted by Gasteiger charge is 2.18. The SMILES string of the molecule is CS(=O)(=O)c1ccc(-c2cnc3sc(S(N)(=O)=O)nn23)cc1. The number of imidazole rings is 1. The summed E-state index contributed by atoms with van der Waals surface area (Å²) < 4.78 is 46.7. The number of nitrogens with zero attached hydrogens (tertiary/aromatic N) is 3. The Morgan fingerprint density at radius 1 is 1.14 bits per heavy atom. The number of hydrogen-bond donors (Lipinski definition) is 1. The molecule has 3 rings (SSSR count). The van der Waals surface area contributed by atoms with Gasteiger partial charge in [-0.1, -0.05) is 23.5 Å². The Hall–Kier alpha value is -1.82. The van der Waals surface area contributed by atoms with E-state index >= 15 is 0 Å². The van der Waals surface area contributed by atoms with Gasteiger partial charge in [0.15, 0.2) is 9.84 Å². The fourth-order valence-corrected chi connectivity index (χ4v) is 3.98. The second-order valence-corrected chi connectivity index (χ2v) is 9.25. The van der Waals surface area contributed by atoms with Gasteiger partial charge in [0.25, 0.3) is 10.0 Å². The molecule has 0 aliphatic heterocycles. The third kappa shape index (κ3) is 2.63. The first-order valence-electron chi connectivity index (χ1n) is 5.84. The first-order chi connectivity index (χ1) is 10.2. The number of hydrogen-bond acceptors (Lipinski definition) is 7. The lowest BCUT2D eigenvalue weighted by molar-refractivity contribution is 0.594. The van der Waals surface area contributed by atoms with Gasteiger partial charge >= 0.3 is 0 Å². The second-order valence-electron chi connectivity index (χ2n) is 4.55. The first kappa shape index (κ1) is 15.1. The van der Waals surface area contributed by atoms with Crippen LogP contribution < -0.4 is 5.14 Å². The van der Waals surface area contributed by atoms with Gasteiger partial charge in [-0.15, -0.1) is 5.10 Å². The number of sulfone groups is 1. The van der Waals surface area contributed by atoms with Crippen molar-refractivity contribution in [1.82, 2.24) is 14.6 Å². The van der Waals surface area contributed by atoms with E-state index in [0.29, 0.717) is 16.2 Å². The molecule has 0 amide bonds. The monoisotopic (exact) mass is 358 g/mol. The van der Waals surface area contributed by atoms with Crippen molar-refractivity contribution in [2.45, 2.75) is 9.24 Å². The Balaban J connectivity index is 2.12. The number of rotatable bonds is 3. The van der Waals surface area contributed by atoms with E-state index in [2.05, 4.69) is 10.1 Å². The van der Waals surface area contributed by atoms with Crippen molar-refractivity contribution in [2.75, 3.05) is 6.26 Å². The van der Waals surface area contributed by atoms with Gasteiger partial charge in [-0.2, -0.15) is 0 Å². The Morgan fingerprint density at radius 3 is 2.32 bits per heavy atom. The summed E-state index contributed by atoms with van der Waals surface area (Å²) in [4.78, 5) is 4.66. The van der Waals surface area contributed by atoms with E-state index in [1.807, 2.05) is 0 Å². The zero-order valence-corrected chi connectivity index (χ0v) is 13.6. The summed E-state index contributed by atoms with van der Waals surface area (Å²) in [5, 5.41) is 8.98. The minimum absolute atomic E-state index is 0.195. The van der Waals surface area contributed by atoms with Crippen LogP contribution in [0.25, 0.3) is 16.2 Å². The highest BCUT2D eigenvalue weighted by Crippen LogP contribution is 2.26.